The summed E-state index contributed by atoms with van der Waals surface area (Å²) in [6.07, 6.45) is 1.51. The second kappa shape index (κ2) is 4.74. The summed E-state index contributed by atoms with van der Waals surface area (Å²) < 4.78 is 0. The molecule has 1 rings (SSSR count). The van der Waals surface area contributed by atoms with Crippen LogP contribution in [0.25, 0.3) is 0 Å². The number of carboxylic acid groups (broad SMARTS) is 1. The van der Waals surface area contributed by atoms with E-state index in [1.807, 2.05) is 0 Å². The van der Waals surface area contributed by atoms with E-state index in [1.165, 1.54) is 20.2 Å². The monoisotopic (exact) mass is 222 g/mol. The molecule has 0 aliphatic carbocycles. The van der Waals surface area contributed by atoms with E-state index in [-0.39, 0.29) is 11.6 Å². The number of nitrogens with zero attached hydrogens (tertiary/aromatic N) is 2. The predicted octanol–water partition coefficient (Wildman–Crippen LogP) is 0.935. The minimum atomic E-state index is -1.04. The number of hydrogen-bond acceptors (Lipinski definition) is 3. The molecule has 0 aliphatic rings. The van der Waals surface area contributed by atoms with Gasteiger partial charge in [0, 0.05) is 13.2 Å². The van der Waals surface area contributed by atoms with Gasteiger partial charge in [-0.2, -0.15) is 0 Å². The summed E-state index contributed by atoms with van der Waals surface area (Å²) in [7, 11) is 1.45. The third-order valence-corrected chi connectivity index (χ3v) is 2.47. The highest BCUT2D eigenvalue weighted by Crippen LogP contribution is 2.08. The molecule has 1 amide bonds. The molecule has 0 saturated heterocycles. The molecule has 0 aliphatic heterocycles. The maximum absolute atomic E-state index is 11.9. The summed E-state index contributed by atoms with van der Waals surface area (Å²) in [5.41, 5.74) is 1.02. The van der Waals surface area contributed by atoms with Gasteiger partial charge in [0.25, 0.3) is 5.91 Å². The van der Waals surface area contributed by atoms with Crippen LogP contribution in [0.5, 0.6) is 0 Å². The van der Waals surface area contributed by atoms with Crippen molar-refractivity contribution in [3.05, 3.63) is 29.6 Å². The number of likely N-dealkylation sites (N-methyl/N-ethyl adjacent to an activating group) is 1. The Balaban J connectivity index is 2.95. The first-order valence-electron chi connectivity index (χ1n) is 4.86. The first kappa shape index (κ1) is 12.2. The van der Waals surface area contributed by atoms with Gasteiger partial charge in [0.05, 0.1) is 0 Å². The summed E-state index contributed by atoms with van der Waals surface area (Å²) in [6.45, 7) is 3.22. The number of rotatable bonds is 3. The summed E-state index contributed by atoms with van der Waals surface area (Å²) >= 11 is 0. The van der Waals surface area contributed by atoms with Crippen molar-refractivity contribution < 1.29 is 14.7 Å². The lowest BCUT2D eigenvalue weighted by Crippen LogP contribution is -2.40. The standard InChI is InChI=1S/C11H14N2O3/c1-7-5-4-6-12-9(7)10(14)13(3)8(2)11(15)16/h4-6,8H,1-3H3,(H,15,16). The molecule has 0 radical (unpaired) electrons. The number of aliphatic carboxylic acids is 1. The Labute approximate surface area is 93.7 Å². The molecule has 5 nitrogen and oxygen atoms in total. The lowest BCUT2D eigenvalue weighted by molar-refractivity contribution is -0.141. The summed E-state index contributed by atoms with van der Waals surface area (Å²) in [5.74, 6) is -1.42. The number of amides is 1. The zero-order valence-electron chi connectivity index (χ0n) is 9.47. The van der Waals surface area contributed by atoms with Gasteiger partial charge in [-0.05, 0) is 25.5 Å². The number of aromatic nitrogens is 1. The van der Waals surface area contributed by atoms with Gasteiger partial charge >= 0.3 is 5.97 Å². The highest BCUT2D eigenvalue weighted by atomic mass is 16.4. The molecule has 1 aromatic rings. The van der Waals surface area contributed by atoms with E-state index < -0.39 is 12.0 Å². The first-order valence-corrected chi connectivity index (χ1v) is 4.86. The predicted molar refractivity (Wildman–Crippen MR) is 58.2 cm³/mol. The van der Waals surface area contributed by atoms with Crippen molar-refractivity contribution >= 4 is 11.9 Å². The largest absolute Gasteiger partial charge is 0.480 e. The smallest absolute Gasteiger partial charge is 0.326 e. The molecular weight excluding hydrogens is 208 g/mol. The quantitative estimate of drug-likeness (QED) is 0.826. The molecule has 0 spiro atoms. The molecule has 86 valence electrons. The summed E-state index contributed by atoms with van der Waals surface area (Å²) in [6, 6.07) is 2.63. The number of pyridine rings is 1. The third kappa shape index (κ3) is 2.36. The van der Waals surface area contributed by atoms with Crippen LogP contribution < -0.4 is 0 Å². The molecule has 1 aromatic heterocycles. The minimum Gasteiger partial charge on any atom is -0.480 e. The van der Waals surface area contributed by atoms with Crippen molar-refractivity contribution in [3.63, 3.8) is 0 Å². The van der Waals surface area contributed by atoms with Crippen molar-refractivity contribution in [2.45, 2.75) is 19.9 Å². The average molecular weight is 222 g/mol. The van der Waals surface area contributed by atoms with Crippen LogP contribution in [0.2, 0.25) is 0 Å². The van der Waals surface area contributed by atoms with Crippen LogP contribution in [0, 0.1) is 6.92 Å². The SMILES string of the molecule is Cc1cccnc1C(=O)N(C)C(C)C(=O)O. The molecule has 0 fully saturated rings. The normalized spacial score (nSPS) is 11.9. The van der Waals surface area contributed by atoms with Crippen LogP contribution in [0.1, 0.15) is 23.0 Å². The Morgan fingerprint density at radius 2 is 2.12 bits per heavy atom. The lowest BCUT2D eigenvalue weighted by atomic mass is 10.2. The zero-order valence-corrected chi connectivity index (χ0v) is 9.47. The molecule has 0 aromatic carbocycles. The second-order valence-corrected chi connectivity index (χ2v) is 3.60. The van der Waals surface area contributed by atoms with Gasteiger partial charge in [-0.25, -0.2) is 4.79 Å². The van der Waals surface area contributed by atoms with Crippen LogP contribution in [0.3, 0.4) is 0 Å². The molecule has 1 atom stereocenters. The van der Waals surface area contributed by atoms with E-state index in [9.17, 15) is 9.59 Å². The Hall–Kier alpha value is -1.91. The zero-order chi connectivity index (χ0) is 12.3. The van der Waals surface area contributed by atoms with Gasteiger partial charge in [-0.1, -0.05) is 6.07 Å². The number of hydrogen-bond donors (Lipinski definition) is 1. The molecule has 16 heavy (non-hydrogen) atoms. The van der Waals surface area contributed by atoms with Crippen molar-refractivity contribution in [1.29, 1.82) is 0 Å². The fraction of sp³-hybridized carbons (Fsp3) is 0.364. The van der Waals surface area contributed by atoms with Gasteiger partial charge in [0.1, 0.15) is 11.7 Å². The van der Waals surface area contributed by atoms with Gasteiger partial charge in [-0.15, -0.1) is 0 Å². The Morgan fingerprint density at radius 3 is 2.62 bits per heavy atom. The lowest BCUT2D eigenvalue weighted by Gasteiger charge is -2.21. The van der Waals surface area contributed by atoms with Crippen LogP contribution >= 0.6 is 0 Å². The third-order valence-electron chi connectivity index (χ3n) is 2.47. The fourth-order valence-corrected chi connectivity index (χ4v) is 1.22. The van der Waals surface area contributed by atoms with Gasteiger partial charge in [-0.3, -0.25) is 9.78 Å². The van der Waals surface area contributed by atoms with E-state index in [1.54, 1.807) is 19.1 Å². The van der Waals surface area contributed by atoms with E-state index in [0.29, 0.717) is 0 Å². The summed E-state index contributed by atoms with van der Waals surface area (Å²) in [4.78, 5) is 27.8. The molecule has 0 bridgehead atoms. The minimum absolute atomic E-state index is 0.290. The molecule has 0 saturated carbocycles. The highest BCUT2D eigenvalue weighted by Gasteiger charge is 2.24. The Bertz CT molecular complexity index is 417. The molecule has 1 heterocycles. The highest BCUT2D eigenvalue weighted by molar-refractivity contribution is 5.95. The maximum Gasteiger partial charge on any atom is 0.326 e. The van der Waals surface area contributed by atoms with E-state index >= 15 is 0 Å². The van der Waals surface area contributed by atoms with E-state index in [2.05, 4.69) is 4.98 Å². The average Bonchev–Trinajstić information content (AvgIpc) is 2.26. The van der Waals surface area contributed by atoms with Crippen LogP contribution in [-0.4, -0.2) is 40.0 Å². The number of carbonyl (C=O) groups excluding carboxylic acids is 1. The molecular formula is C11H14N2O3. The van der Waals surface area contributed by atoms with Gasteiger partial charge in [0.15, 0.2) is 0 Å². The maximum atomic E-state index is 11.9. The van der Waals surface area contributed by atoms with E-state index in [4.69, 9.17) is 5.11 Å². The fourth-order valence-electron chi connectivity index (χ4n) is 1.22. The summed E-state index contributed by atoms with van der Waals surface area (Å²) in [5, 5.41) is 8.80. The van der Waals surface area contributed by atoms with Crippen LogP contribution in [0.15, 0.2) is 18.3 Å². The number of carboxylic acids is 1. The molecule has 1 N–H and O–H groups in total. The Kier molecular flexibility index (Phi) is 3.60. The van der Waals surface area contributed by atoms with Crippen molar-refractivity contribution in [2.24, 2.45) is 0 Å². The van der Waals surface area contributed by atoms with Crippen molar-refractivity contribution in [1.82, 2.24) is 9.88 Å². The first-order chi connectivity index (χ1) is 7.45. The van der Waals surface area contributed by atoms with Crippen LogP contribution in [-0.2, 0) is 4.79 Å². The van der Waals surface area contributed by atoms with Crippen molar-refractivity contribution in [3.8, 4) is 0 Å². The second-order valence-electron chi connectivity index (χ2n) is 3.60. The van der Waals surface area contributed by atoms with Gasteiger partial charge in [0.2, 0.25) is 0 Å². The van der Waals surface area contributed by atoms with E-state index in [0.717, 1.165) is 10.5 Å². The van der Waals surface area contributed by atoms with Gasteiger partial charge < -0.3 is 10.0 Å². The number of aryl methyl sites for hydroxylation is 1. The molecule has 1 unspecified atom stereocenters. The Morgan fingerprint density at radius 1 is 1.50 bits per heavy atom. The number of carbonyl (C=O) groups is 2. The topological polar surface area (TPSA) is 70.5 Å². The van der Waals surface area contributed by atoms with Crippen LogP contribution in [0.4, 0.5) is 0 Å². The molecule has 5 heteroatoms. The van der Waals surface area contributed by atoms with Crippen molar-refractivity contribution in [2.75, 3.05) is 7.05 Å².